The lowest BCUT2D eigenvalue weighted by atomic mass is 10.1. The summed E-state index contributed by atoms with van der Waals surface area (Å²) < 4.78 is 14.0. The van der Waals surface area contributed by atoms with Crippen molar-refractivity contribution in [2.45, 2.75) is 33.7 Å². The number of nitrogens with zero attached hydrogens (tertiary/aromatic N) is 1. The molecule has 148 valence electrons. The van der Waals surface area contributed by atoms with Crippen molar-refractivity contribution in [1.82, 2.24) is 4.57 Å². The summed E-state index contributed by atoms with van der Waals surface area (Å²) in [6.07, 6.45) is 0.869. The van der Waals surface area contributed by atoms with Crippen molar-refractivity contribution in [3.63, 3.8) is 0 Å². The van der Waals surface area contributed by atoms with Crippen molar-refractivity contribution in [2.24, 2.45) is 0 Å². The highest BCUT2D eigenvalue weighted by molar-refractivity contribution is 6.12. The molecule has 4 rings (SSSR count). The van der Waals surface area contributed by atoms with Crippen LogP contribution in [-0.4, -0.2) is 17.1 Å². The molecule has 0 atom stereocenters. The number of ether oxygens (including phenoxy) is 2. The van der Waals surface area contributed by atoms with Gasteiger partial charge in [-0.05, 0) is 36.6 Å². The molecule has 0 saturated heterocycles. The zero-order valence-corrected chi connectivity index (χ0v) is 17.1. The van der Waals surface area contributed by atoms with E-state index in [0.717, 1.165) is 28.4 Å². The minimum atomic E-state index is -0.351. The predicted octanol–water partition coefficient (Wildman–Crippen LogP) is 5.87. The van der Waals surface area contributed by atoms with E-state index in [2.05, 4.69) is 54.8 Å². The second kappa shape index (κ2) is 8.00. The number of carbonyl (C=O) groups excluding carboxylic acids is 1. The van der Waals surface area contributed by atoms with Gasteiger partial charge in [0, 0.05) is 29.8 Å². The van der Waals surface area contributed by atoms with Crippen LogP contribution in [0.3, 0.4) is 0 Å². The number of carbonyl (C=O) groups is 1. The third kappa shape index (κ3) is 3.58. The van der Waals surface area contributed by atoms with Gasteiger partial charge in [-0.25, -0.2) is 0 Å². The molecule has 4 heteroatoms. The van der Waals surface area contributed by atoms with E-state index < -0.39 is 0 Å². The number of rotatable bonds is 6. The molecule has 0 aliphatic heterocycles. The number of esters is 1. The molecule has 29 heavy (non-hydrogen) atoms. The average molecular weight is 387 g/mol. The van der Waals surface area contributed by atoms with Crippen LogP contribution >= 0.6 is 0 Å². The summed E-state index contributed by atoms with van der Waals surface area (Å²) >= 11 is 0. The molecular weight excluding hydrogens is 362 g/mol. The van der Waals surface area contributed by atoms with Crippen molar-refractivity contribution < 1.29 is 14.3 Å². The summed E-state index contributed by atoms with van der Waals surface area (Å²) in [6, 6.07) is 20.7. The van der Waals surface area contributed by atoms with Gasteiger partial charge in [-0.2, -0.15) is 0 Å². The van der Waals surface area contributed by atoms with Crippen LogP contribution in [0.1, 0.15) is 31.4 Å². The topological polar surface area (TPSA) is 40.5 Å². The molecule has 0 unspecified atom stereocenters. The highest BCUT2D eigenvalue weighted by atomic mass is 16.6. The Kier molecular flexibility index (Phi) is 5.26. The number of aromatic nitrogens is 1. The fraction of sp³-hybridized carbons (Fsp3) is 0.240. The second-order valence-corrected chi connectivity index (χ2v) is 7.28. The first-order valence-electron chi connectivity index (χ1n) is 9.99. The predicted molar refractivity (Wildman–Crippen MR) is 117 cm³/mol. The highest BCUT2D eigenvalue weighted by Crippen LogP contribution is 2.43. The van der Waals surface area contributed by atoms with Crippen molar-refractivity contribution in [3.05, 3.63) is 71.8 Å². The Balaban J connectivity index is 2.06. The average Bonchev–Trinajstić information content (AvgIpc) is 3.03. The molecule has 0 saturated carbocycles. The highest BCUT2D eigenvalue weighted by Gasteiger charge is 2.22. The lowest BCUT2D eigenvalue weighted by Crippen LogP contribution is -2.08. The van der Waals surface area contributed by atoms with Crippen LogP contribution in [-0.2, 0) is 11.3 Å². The lowest BCUT2D eigenvalue weighted by molar-refractivity contribution is -0.132. The van der Waals surface area contributed by atoms with Gasteiger partial charge < -0.3 is 14.0 Å². The molecule has 1 aromatic heterocycles. The number of benzene rings is 3. The Bertz CT molecular complexity index is 1180. The standard InChI is InChI=1S/C25H25NO3/c1-4-14-28-25-22(29-18(3)27)15-17(2)23-20-12-8-9-13-21(20)26(24(23)25)16-19-10-6-5-7-11-19/h5-13,15H,4,14,16H2,1-3H3. The molecule has 0 radical (unpaired) electrons. The number of hydrogen-bond acceptors (Lipinski definition) is 3. The van der Waals surface area contributed by atoms with Crippen LogP contribution in [0.5, 0.6) is 11.5 Å². The van der Waals surface area contributed by atoms with Crippen LogP contribution in [0.2, 0.25) is 0 Å². The molecule has 0 fully saturated rings. The fourth-order valence-corrected chi connectivity index (χ4v) is 3.89. The van der Waals surface area contributed by atoms with E-state index in [1.165, 1.54) is 17.9 Å². The molecule has 4 nitrogen and oxygen atoms in total. The first kappa shape index (κ1) is 19.1. The summed E-state index contributed by atoms with van der Waals surface area (Å²) in [5.41, 5.74) is 4.37. The first-order valence-corrected chi connectivity index (χ1v) is 9.99. The molecule has 0 aliphatic rings. The minimum Gasteiger partial charge on any atom is -0.488 e. The van der Waals surface area contributed by atoms with Gasteiger partial charge in [-0.1, -0.05) is 55.5 Å². The monoisotopic (exact) mass is 387 g/mol. The number of hydrogen-bond donors (Lipinski definition) is 0. The van der Waals surface area contributed by atoms with Gasteiger partial charge in [-0.3, -0.25) is 4.79 Å². The third-order valence-corrected chi connectivity index (χ3v) is 5.04. The minimum absolute atomic E-state index is 0.351. The molecule has 0 spiro atoms. The summed E-state index contributed by atoms with van der Waals surface area (Å²) in [7, 11) is 0. The van der Waals surface area contributed by atoms with Gasteiger partial charge in [0.05, 0.1) is 12.1 Å². The van der Waals surface area contributed by atoms with Gasteiger partial charge in [0.15, 0.2) is 11.5 Å². The summed E-state index contributed by atoms with van der Waals surface area (Å²) in [5, 5.41) is 2.31. The molecule has 0 N–H and O–H groups in total. The summed E-state index contributed by atoms with van der Waals surface area (Å²) in [6.45, 7) is 6.80. The lowest BCUT2D eigenvalue weighted by Gasteiger charge is -2.16. The number of para-hydroxylation sites is 1. The largest absolute Gasteiger partial charge is 0.488 e. The van der Waals surface area contributed by atoms with Crippen molar-refractivity contribution in [2.75, 3.05) is 6.61 Å². The van der Waals surface area contributed by atoms with E-state index in [9.17, 15) is 4.79 Å². The zero-order chi connectivity index (χ0) is 20.4. The van der Waals surface area contributed by atoms with Gasteiger partial charge in [0.2, 0.25) is 0 Å². The molecule has 0 bridgehead atoms. The van der Waals surface area contributed by atoms with E-state index in [1.807, 2.05) is 24.3 Å². The normalized spacial score (nSPS) is 11.1. The van der Waals surface area contributed by atoms with Gasteiger partial charge >= 0.3 is 5.97 Å². The maximum atomic E-state index is 11.8. The molecule has 3 aromatic carbocycles. The molecule has 4 aromatic rings. The summed E-state index contributed by atoms with van der Waals surface area (Å²) in [4.78, 5) is 11.8. The fourth-order valence-electron chi connectivity index (χ4n) is 3.89. The van der Waals surface area contributed by atoms with Crippen LogP contribution in [0.15, 0.2) is 60.7 Å². The van der Waals surface area contributed by atoms with Crippen LogP contribution in [0, 0.1) is 6.92 Å². The quantitative estimate of drug-likeness (QED) is 0.307. The SMILES string of the molecule is CCCOc1c(OC(C)=O)cc(C)c2c3ccccc3n(Cc3ccccc3)c12. The molecule has 1 heterocycles. The Morgan fingerprint density at radius 1 is 1.03 bits per heavy atom. The molecule has 0 amide bonds. The van der Waals surface area contributed by atoms with Crippen LogP contribution in [0.25, 0.3) is 21.8 Å². The number of fused-ring (bicyclic) bond motifs is 3. The Morgan fingerprint density at radius 3 is 2.48 bits per heavy atom. The third-order valence-electron chi connectivity index (χ3n) is 5.04. The van der Waals surface area contributed by atoms with Crippen LogP contribution in [0.4, 0.5) is 0 Å². The first-order chi connectivity index (χ1) is 14.1. The second-order valence-electron chi connectivity index (χ2n) is 7.28. The van der Waals surface area contributed by atoms with Gasteiger partial charge in [0.25, 0.3) is 0 Å². The number of aryl methyl sites for hydroxylation is 1. The van der Waals surface area contributed by atoms with E-state index in [1.54, 1.807) is 0 Å². The van der Waals surface area contributed by atoms with E-state index >= 15 is 0 Å². The van der Waals surface area contributed by atoms with Crippen LogP contribution < -0.4 is 9.47 Å². The van der Waals surface area contributed by atoms with Crippen molar-refractivity contribution in [3.8, 4) is 11.5 Å². The Hall–Kier alpha value is -3.27. The van der Waals surface area contributed by atoms with Gasteiger partial charge in [0.1, 0.15) is 0 Å². The van der Waals surface area contributed by atoms with E-state index in [-0.39, 0.29) is 5.97 Å². The van der Waals surface area contributed by atoms with Crippen molar-refractivity contribution in [1.29, 1.82) is 0 Å². The van der Waals surface area contributed by atoms with Gasteiger partial charge in [-0.15, -0.1) is 0 Å². The Morgan fingerprint density at radius 2 is 1.76 bits per heavy atom. The maximum absolute atomic E-state index is 11.8. The Labute approximate surface area is 170 Å². The smallest absolute Gasteiger partial charge is 0.308 e. The van der Waals surface area contributed by atoms with E-state index in [0.29, 0.717) is 24.7 Å². The van der Waals surface area contributed by atoms with Crippen molar-refractivity contribution >= 4 is 27.8 Å². The molecule has 0 aliphatic carbocycles. The molecular formula is C25H25NO3. The summed E-state index contributed by atoms with van der Waals surface area (Å²) in [5.74, 6) is 0.763. The maximum Gasteiger partial charge on any atom is 0.308 e. The zero-order valence-electron chi connectivity index (χ0n) is 17.1. The van der Waals surface area contributed by atoms with E-state index in [4.69, 9.17) is 9.47 Å².